The summed E-state index contributed by atoms with van der Waals surface area (Å²) in [5.74, 6) is 0.552. The maximum absolute atomic E-state index is 12.7. The van der Waals surface area contributed by atoms with Gasteiger partial charge in [0.15, 0.2) is 0 Å². The molecule has 0 saturated carbocycles. The van der Waals surface area contributed by atoms with Crippen molar-refractivity contribution in [2.45, 2.75) is 25.6 Å². The Kier molecular flexibility index (Phi) is 5.98. The molecular formula is C17H25NO5. The van der Waals surface area contributed by atoms with Gasteiger partial charge in [-0.3, -0.25) is 4.79 Å². The van der Waals surface area contributed by atoms with Crippen molar-refractivity contribution in [3.05, 3.63) is 29.8 Å². The molecule has 2 rings (SSSR count). The van der Waals surface area contributed by atoms with E-state index in [2.05, 4.69) is 0 Å². The molecule has 6 heteroatoms. The first-order chi connectivity index (χ1) is 10.9. The van der Waals surface area contributed by atoms with Crippen LogP contribution in [0, 0.1) is 0 Å². The van der Waals surface area contributed by atoms with Crippen LogP contribution >= 0.6 is 0 Å². The third-order valence-corrected chi connectivity index (χ3v) is 3.61. The first-order valence-electron chi connectivity index (χ1n) is 7.75. The lowest BCUT2D eigenvalue weighted by molar-refractivity contribution is -0.139. The third kappa shape index (κ3) is 4.92. The van der Waals surface area contributed by atoms with Gasteiger partial charge in [0.2, 0.25) is 0 Å². The largest absolute Gasteiger partial charge is 0.491 e. The van der Waals surface area contributed by atoms with Gasteiger partial charge in [0.25, 0.3) is 5.91 Å². The predicted octanol–water partition coefficient (Wildman–Crippen LogP) is 1.32. The lowest BCUT2D eigenvalue weighted by atomic mass is 10.0. The van der Waals surface area contributed by atoms with Crippen LogP contribution in [-0.2, 0) is 9.47 Å². The van der Waals surface area contributed by atoms with Gasteiger partial charge in [-0.25, -0.2) is 0 Å². The van der Waals surface area contributed by atoms with Gasteiger partial charge < -0.3 is 24.2 Å². The second-order valence-electron chi connectivity index (χ2n) is 6.24. The molecule has 1 N–H and O–H groups in total. The number of morpholine rings is 1. The van der Waals surface area contributed by atoms with Gasteiger partial charge >= 0.3 is 0 Å². The molecule has 0 aliphatic carbocycles. The Morgan fingerprint density at radius 2 is 2.22 bits per heavy atom. The van der Waals surface area contributed by atoms with Gasteiger partial charge in [-0.05, 0) is 32.0 Å². The summed E-state index contributed by atoms with van der Waals surface area (Å²) in [6.07, 6.45) is -0.358. The molecule has 6 nitrogen and oxygen atoms in total. The summed E-state index contributed by atoms with van der Waals surface area (Å²) >= 11 is 0. The average molecular weight is 323 g/mol. The summed E-state index contributed by atoms with van der Waals surface area (Å²) < 4.78 is 16.2. The lowest BCUT2D eigenvalue weighted by Crippen LogP contribution is -2.55. The topological polar surface area (TPSA) is 68.2 Å². The molecule has 128 valence electrons. The van der Waals surface area contributed by atoms with Crippen LogP contribution in [0.25, 0.3) is 0 Å². The molecule has 1 heterocycles. The van der Waals surface area contributed by atoms with Crippen LogP contribution in [0.15, 0.2) is 24.3 Å². The summed E-state index contributed by atoms with van der Waals surface area (Å²) in [5, 5.41) is 9.36. The van der Waals surface area contributed by atoms with E-state index in [-0.39, 0.29) is 18.6 Å². The Balaban J connectivity index is 2.08. The van der Waals surface area contributed by atoms with E-state index in [0.29, 0.717) is 37.6 Å². The van der Waals surface area contributed by atoms with E-state index >= 15 is 0 Å². The Bertz CT molecular complexity index is 531. The van der Waals surface area contributed by atoms with E-state index < -0.39 is 5.60 Å². The number of hydrogen-bond acceptors (Lipinski definition) is 5. The number of nitrogens with zero attached hydrogens (tertiary/aromatic N) is 1. The standard InChI is InChI=1S/C17H25NO5/c1-17(2)12-18(10-15(11-19)23-17)16(20)13-5-4-6-14(9-13)22-8-7-21-3/h4-6,9,15,19H,7-8,10-12H2,1-3H3. The maximum Gasteiger partial charge on any atom is 0.254 e. The van der Waals surface area contributed by atoms with Gasteiger partial charge in [-0.15, -0.1) is 0 Å². The molecular weight excluding hydrogens is 298 g/mol. The van der Waals surface area contributed by atoms with E-state index in [9.17, 15) is 9.90 Å². The SMILES string of the molecule is COCCOc1cccc(C(=O)N2CC(CO)OC(C)(C)C2)c1. The Hall–Kier alpha value is -1.63. The van der Waals surface area contributed by atoms with Crippen molar-refractivity contribution in [3.63, 3.8) is 0 Å². The zero-order valence-electron chi connectivity index (χ0n) is 13.9. The first kappa shape index (κ1) is 17.7. The first-order valence-corrected chi connectivity index (χ1v) is 7.75. The summed E-state index contributed by atoms with van der Waals surface area (Å²) in [6, 6.07) is 7.10. The van der Waals surface area contributed by atoms with Crippen LogP contribution in [-0.4, -0.2) is 67.6 Å². The molecule has 1 aromatic carbocycles. The fraction of sp³-hybridized carbons (Fsp3) is 0.588. The Labute approximate surface area is 136 Å². The Morgan fingerprint density at radius 1 is 1.43 bits per heavy atom. The third-order valence-electron chi connectivity index (χ3n) is 3.61. The number of rotatable bonds is 6. The van der Waals surface area contributed by atoms with Gasteiger partial charge in [0.1, 0.15) is 12.4 Å². The maximum atomic E-state index is 12.7. The molecule has 1 aromatic rings. The minimum Gasteiger partial charge on any atom is -0.491 e. The minimum atomic E-state index is -0.478. The zero-order valence-corrected chi connectivity index (χ0v) is 13.9. The van der Waals surface area contributed by atoms with E-state index in [1.54, 1.807) is 30.2 Å². The molecule has 0 spiro atoms. The van der Waals surface area contributed by atoms with E-state index in [0.717, 1.165) is 0 Å². The number of hydrogen-bond donors (Lipinski definition) is 1. The normalized spacial score (nSPS) is 20.3. The molecule has 1 saturated heterocycles. The molecule has 1 unspecified atom stereocenters. The Morgan fingerprint density at radius 3 is 2.91 bits per heavy atom. The quantitative estimate of drug-likeness (QED) is 0.800. The summed E-state index contributed by atoms with van der Waals surface area (Å²) in [7, 11) is 1.61. The van der Waals surface area contributed by atoms with Crippen LogP contribution in [0.4, 0.5) is 0 Å². The smallest absolute Gasteiger partial charge is 0.254 e. The van der Waals surface area contributed by atoms with Gasteiger partial charge in [-0.2, -0.15) is 0 Å². The number of aliphatic hydroxyl groups excluding tert-OH is 1. The van der Waals surface area contributed by atoms with Crippen molar-refractivity contribution in [2.75, 3.05) is 40.0 Å². The number of amides is 1. The number of carbonyl (C=O) groups excluding carboxylic acids is 1. The second-order valence-corrected chi connectivity index (χ2v) is 6.24. The second kappa shape index (κ2) is 7.77. The molecule has 0 bridgehead atoms. The molecule has 0 aromatic heterocycles. The fourth-order valence-corrected chi connectivity index (χ4v) is 2.69. The van der Waals surface area contributed by atoms with Crippen molar-refractivity contribution >= 4 is 5.91 Å². The van der Waals surface area contributed by atoms with Gasteiger partial charge in [-0.1, -0.05) is 6.07 Å². The van der Waals surface area contributed by atoms with Crippen molar-refractivity contribution in [3.8, 4) is 5.75 Å². The van der Waals surface area contributed by atoms with Crippen LogP contribution < -0.4 is 4.74 Å². The van der Waals surface area contributed by atoms with Crippen LogP contribution in [0.2, 0.25) is 0 Å². The molecule has 1 atom stereocenters. The van der Waals surface area contributed by atoms with E-state index in [1.165, 1.54) is 0 Å². The van der Waals surface area contributed by atoms with Crippen molar-refractivity contribution < 1.29 is 24.1 Å². The summed E-state index contributed by atoms with van der Waals surface area (Å²) in [5.41, 5.74) is 0.0859. The molecule has 1 amide bonds. The highest BCUT2D eigenvalue weighted by Crippen LogP contribution is 2.23. The van der Waals surface area contributed by atoms with Crippen molar-refractivity contribution in [1.29, 1.82) is 0 Å². The van der Waals surface area contributed by atoms with E-state index in [1.807, 2.05) is 19.9 Å². The monoisotopic (exact) mass is 323 g/mol. The highest BCUT2D eigenvalue weighted by molar-refractivity contribution is 5.94. The average Bonchev–Trinajstić information content (AvgIpc) is 2.53. The number of aliphatic hydroxyl groups is 1. The minimum absolute atomic E-state index is 0.0861. The summed E-state index contributed by atoms with van der Waals surface area (Å²) in [4.78, 5) is 14.5. The molecule has 23 heavy (non-hydrogen) atoms. The molecule has 1 fully saturated rings. The van der Waals surface area contributed by atoms with Crippen molar-refractivity contribution in [2.24, 2.45) is 0 Å². The molecule has 0 radical (unpaired) electrons. The number of ether oxygens (including phenoxy) is 3. The lowest BCUT2D eigenvalue weighted by Gasteiger charge is -2.42. The van der Waals surface area contributed by atoms with Gasteiger partial charge in [0, 0.05) is 25.8 Å². The van der Waals surface area contributed by atoms with Crippen LogP contribution in [0.1, 0.15) is 24.2 Å². The number of benzene rings is 1. The number of methoxy groups -OCH3 is 1. The summed E-state index contributed by atoms with van der Waals surface area (Å²) in [6.45, 7) is 5.52. The highest BCUT2D eigenvalue weighted by atomic mass is 16.5. The fourth-order valence-electron chi connectivity index (χ4n) is 2.69. The van der Waals surface area contributed by atoms with Crippen molar-refractivity contribution in [1.82, 2.24) is 4.90 Å². The molecule has 1 aliphatic rings. The number of carbonyl (C=O) groups is 1. The van der Waals surface area contributed by atoms with Crippen LogP contribution in [0.3, 0.4) is 0 Å². The van der Waals surface area contributed by atoms with E-state index in [4.69, 9.17) is 14.2 Å². The molecule has 1 aliphatic heterocycles. The van der Waals surface area contributed by atoms with Gasteiger partial charge in [0.05, 0.1) is 24.9 Å². The predicted molar refractivity (Wildman–Crippen MR) is 85.8 cm³/mol. The zero-order chi connectivity index (χ0) is 16.9. The van der Waals surface area contributed by atoms with Crippen LogP contribution in [0.5, 0.6) is 5.75 Å². The highest BCUT2D eigenvalue weighted by Gasteiger charge is 2.35.